The fraction of sp³-hybridized carbons (Fsp3) is 0. The zero-order chi connectivity index (χ0) is 0. The van der Waals surface area contributed by atoms with Gasteiger partial charge in [-0.1, -0.05) is 0 Å². The maximum absolute atomic E-state index is 0. The van der Waals surface area contributed by atoms with Crippen molar-refractivity contribution in [2.24, 2.45) is 0 Å². The Morgan fingerprint density at radius 3 is 1.00 bits per heavy atom. The van der Waals surface area contributed by atoms with Gasteiger partial charge in [-0.2, -0.15) is 0 Å². The molecule has 30 valence electrons. The average molecular weight is 355 g/mol. The molecule has 4 heavy (non-hydrogen) atoms. The van der Waals surface area contributed by atoms with E-state index < -0.39 is 0 Å². The Labute approximate surface area is 83.4 Å². The average Bonchev–Trinajstić information content (AvgIpc) is 0. The molecule has 0 heterocycles. The molecule has 0 spiro atoms. The molecule has 0 unspecified atom stereocenters. The Hall–Kier alpha value is 2.75. The molecule has 0 N–H and O–H groups in total. The van der Waals surface area contributed by atoms with E-state index >= 15 is 0 Å². The van der Waals surface area contributed by atoms with Crippen molar-refractivity contribution in [3.05, 3.63) is 0 Å². The van der Waals surface area contributed by atoms with Gasteiger partial charge in [0.15, 0.2) is 0 Å². The number of hydrogen-bond donors (Lipinski definition) is 0. The summed E-state index contributed by atoms with van der Waals surface area (Å²) in [5.74, 6) is 0. The van der Waals surface area contributed by atoms with Gasteiger partial charge in [-0.25, -0.2) is 0 Å². The van der Waals surface area contributed by atoms with Crippen LogP contribution in [0.5, 0.6) is 0 Å². The van der Waals surface area contributed by atoms with Gasteiger partial charge in [0.05, 0.1) is 0 Å². The summed E-state index contributed by atoms with van der Waals surface area (Å²) in [6.45, 7) is 0. The van der Waals surface area contributed by atoms with Crippen molar-refractivity contribution in [1.82, 2.24) is 0 Å². The van der Waals surface area contributed by atoms with Crippen molar-refractivity contribution in [3.63, 3.8) is 0 Å². The summed E-state index contributed by atoms with van der Waals surface area (Å²) in [6, 6.07) is 0. The quantitative estimate of drug-likeness (QED) is 0.480. The molecule has 0 aliphatic carbocycles. The summed E-state index contributed by atoms with van der Waals surface area (Å²) in [5.41, 5.74) is 0. The Balaban J connectivity index is 0. The fourth-order valence-corrected chi connectivity index (χ4v) is 0. The Kier molecular flexibility index (Phi) is 126. The van der Waals surface area contributed by atoms with E-state index in [1.165, 1.54) is 0 Å². The second kappa shape index (κ2) is 17.1. The Morgan fingerprint density at radius 1 is 1.00 bits per heavy atom. The summed E-state index contributed by atoms with van der Waals surface area (Å²) < 4.78 is 0. The van der Waals surface area contributed by atoms with Crippen LogP contribution in [0.25, 0.3) is 0 Å². The van der Waals surface area contributed by atoms with E-state index in [2.05, 4.69) is 0 Å². The summed E-state index contributed by atoms with van der Waals surface area (Å²) in [6.07, 6.45) is 0. The van der Waals surface area contributed by atoms with Crippen LogP contribution in [0.3, 0.4) is 0 Å². The maximum Gasteiger partial charge on any atom is 0 e. The van der Waals surface area contributed by atoms with E-state index in [9.17, 15) is 0 Å². The van der Waals surface area contributed by atoms with Crippen LogP contribution >= 0.6 is 0 Å². The number of hydrogen-bond acceptors (Lipinski definition) is 0. The third-order valence-electron chi connectivity index (χ3n) is 0. The van der Waals surface area contributed by atoms with Crippen LogP contribution in [-0.2, 0) is 58.9 Å². The van der Waals surface area contributed by atoms with Gasteiger partial charge in [-0.15, -0.1) is 0 Å². The van der Waals surface area contributed by atoms with Gasteiger partial charge in [0.1, 0.15) is 0 Å². The molecule has 0 bridgehead atoms. The summed E-state index contributed by atoms with van der Waals surface area (Å²) in [7, 11) is 0. The van der Waals surface area contributed by atoms with Gasteiger partial charge in [0.25, 0.3) is 0 Å². The minimum Gasteiger partial charge on any atom is 0 e. The van der Waals surface area contributed by atoms with Crippen molar-refractivity contribution in [2.75, 3.05) is 0 Å². The van der Waals surface area contributed by atoms with Crippen molar-refractivity contribution >= 4 is 25.8 Å². The molecule has 0 aromatic rings. The summed E-state index contributed by atoms with van der Waals surface area (Å²) >= 11 is 0. The molecule has 0 atom stereocenters. The second-order valence-corrected chi connectivity index (χ2v) is 0. The predicted octanol–water partition coefficient (Wildman–Crippen LogP) is -1.19. The summed E-state index contributed by atoms with van der Waals surface area (Å²) in [4.78, 5) is 0. The molecule has 0 aliphatic heterocycles. The van der Waals surface area contributed by atoms with Crippen LogP contribution in [0.1, 0.15) is 0 Å². The summed E-state index contributed by atoms with van der Waals surface area (Å²) in [5, 5.41) is 0. The largest absolute Gasteiger partial charge is 0 e. The standard InChI is InChI=1S/Ag.Cu.In.Zn.3H. The van der Waals surface area contributed by atoms with Crippen molar-refractivity contribution in [3.8, 4) is 0 Å². The topological polar surface area (TPSA) is 0 Å². The van der Waals surface area contributed by atoms with E-state index in [0.717, 1.165) is 0 Å². The van der Waals surface area contributed by atoms with E-state index in [-0.39, 0.29) is 84.8 Å². The predicted molar refractivity (Wildman–Crippen MR) is 9.94 cm³/mol. The van der Waals surface area contributed by atoms with E-state index in [0.29, 0.717) is 0 Å². The van der Waals surface area contributed by atoms with Gasteiger partial charge in [-0.3, -0.25) is 0 Å². The smallest absolute Gasteiger partial charge is 0 e. The van der Waals surface area contributed by atoms with Gasteiger partial charge < -0.3 is 0 Å². The molecule has 0 aromatic heterocycles. The second-order valence-electron chi connectivity index (χ2n) is 0. The first-order chi connectivity index (χ1) is 0. The van der Waals surface area contributed by atoms with E-state index in [1.807, 2.05) is 0 Å². The molecule has 0 rings (SSSR count). The normalized spacial score (nSPS) is 0. The fourth-order valence-electron chi connectivity index (χ4n) is 0. The van der Waals surface area contributed by atoms with Crippen LogP contribution in [0.15, 0.2) is 0 Å². The van der Waals surface area contributed by atoms with Gasteiger partial charge in [0.2, 0.25) is 0 Å². The molecule has 0 aliphatic rings. The molecule has 0 aromatic carbocycles. The van der Waals surface area contributed by atoms with Crippen LogP contribution in [0.4, 0.5) is 0 Å². The molecule has 4 heteroatoms. The molecule has 0 amide bonds. The van der Waals surface area contributed by atoms with Crippen LogP contribution in [-0.4, -0.2) is 25.8 Å². The zero-order valence-electron chi connectivity index (χ0n) is 1.31. The monoisotopic (exact) mass is 352 g/mol. The zero-order valence-corrected chi connectivity index (χ0v) is 6.70. The molecule has 2 radical (unpaired) electrons. The first kappa shape index (κ1) is 29.5. The third kappa shape index (κ3) is 8.83. The molecule has 0 saturated heterocycles. The molecule has 0 fully saturated rings. The van der Waals surface area contributed by atoms with E-state index in [1.54, 1.807) is 0 Å². The van der Waals surface area contributed by atoms with Gasteiger partial charge in [0, 0.05) is 58.9 Å². The van der Waals surface area contributed by atoms with Crippen molar-refractivity contribution < 1.29 is 58.9 Å². The Morgan fingerprint density at radius 2 is 1.00 bits per heavy atom. The molecule has 0 nitrogen and oxygen atoms in total. The van der Waals surface area contributed by atoms with E-state index in [4.69, 9.17) is 0 Å². The first-order valence-corrected chi connectivity index (χ1v) is 0. The minimum atomic E-state index is 0. The minimum absolute atomic E-state index is 0. The van der Waals surface area contributed by atoms with Gasteiger partial charge >= 0.3 is 25.8 Å². The first-order valence-electron chi connectivity index (χ1n) is 0. The molecular weight excluding hydrogens is 352 g/mol. The molecule has 0 saturated carbocycles. The maximum atomic E-state index is 0. The third-order valence-corrected chi connectivity index (χ3v) is 0. The SMILES string of the molecule is [Ag].[Cu].[InH3].[Zn]. The van der Waals surface area contributed by atoms with Crippen LogP contribution in [0, 0.1) is 0 Å². The van der Waals surface area contributed by atoms with Crippen LogP contribution in [0.2, 0.25) is 0 Å². The molecular formula is H3AgCuInZn. The van der Waals surface area contributed by atoms with Crippen molar-refractivity contribution in [2.45, 2.75) is 0 Å². The Bertz CT molecular complexity index is 8.00. The van der Waals surface area contributed by atoms with Gasteiger partial charge in [-0.05, 0) is 0 Å². The van der Waals surface area contributed by atoms with Crippen LogP contribution < -0.4 is 0 Å². The van der Waals surface area contributed by atoms with Crippen molar-refractivity contribution in [1.29, 1.82) is 0 Å². The number of rotatable bonds is 0.